The molecular weight excluding hydrogens is 251 g/mol. The molecule has 1 aliphatic heterocycles. The van der Waals surface area contributed by atoms with Gasteiger partial charge in [0.05, 0.1) is 11.2 Å². The summed E-state index contributed by atoms with van der Waals surface area (Å²) in [6.45, 7) is 10.7. The summed E-state index contributed by atoms with van der Waals surface area (Å²) in [5.74, 6) is 1.92. The van der Waals surface area contributed by atoms with Crippen LogP contribution in [0.5, 0.6) is 0 Å². The number of aromatic nitrogens is 1. The number of hydrogen-bond acceptors (Lipinski definition) is 4. The van der Waals surface area contributed by atoms with E-state index in [0.29, 0.717) is 6.54 Å². The number of aryl methyl sites for hydroxylation is 1. The summed E-state index contributed by atoms with van der Waals surface area (Å²) in [5.41, 5.74) is 8.39. The predicted octanol–water partition coefficient (Wildman–Crippen LogP) is 2.49. The summed E-state index contributed by atoms with van der Waals surface area (Å²) >= 11 is 0. The smallest absolute Gasteiger partial charge is 0.400 e. The fourth-order valence-corrected chi connectivity index (χ4v) is 2.18. The molecule has 0 saturated carbocycles. The van der Waals surface area contributed by atoms with Gasteiger partial charge in [-0.2, -0.15) is 0 Å². The standard InChI is InChI=1S/C15H23BN2O2/c1-11-9-18-10-12(13(11)8-17)6-7-16-19-14(2,3)15(4,5)20-16/h6-7,9-10H,8,17H2,1-5H3/b7-6+. The SMILES string of the molecule is Cc1cncc(/C=C/B2OC(C)(C)C(C)(C)O2)c1CN. The highest BCUT2D eigenvalue weighted by atomic mass is 16.7. The van der Waals surface area contributed by atoms with Gasteiger partial charge in [-0.05, 0) is 51.3 Å². The van der Waals surface area contributed by atoms with Crippen LogP contribution in [-0.4, -0.2) is 23.3 Å². The monoisotopic (exact) mass is 274 g/mol. The van der Waals surface area contributed by atoms with Crippen LogP contribution in [0.4, 0.5) is 0 Å². The van der Waals surface area contributed by atoms with Crippen LogP contribution in [0.3, 0.4) is 0 Å². The number of rotatable bonds is 3. The Kier molecular flexibility index (Phi) is 4.05. The summed E-state index contributed by atoms with van der Waals surface area (Å²) in [4.78, 5) is 4.21. The molecule has 2 N–H and O–H groups in total. The van der Waals surface area contributed by atoms with Gasteiger partial charge in [0.1, 0.15) is 0 Å². The minimum absolute atomic E-state index is 0.316. The molecule has 4 nitrogen and oxygen atoms in total. The van der Waals surface area contributed by atoms with Crippen LogP contribution in [0.25, 0.3) is 6.08 Å². The third-order valence-electron chi connectivity index (χ3n) is 4.21. The molecule has 1 aliphatic rings. The molecule has 1 aromatic rings. The maximum absolute atomic E-state index is 5.93. The van der Waals surface area contributed by atoms with Gasteiger partial charge < -0.3 is 15.0 Å². The minimum atomic E-state index is -0.342. The summed E-state index contributed by atoms with van der Waals surface area (Å²) in [5, 5.41) is 0. The molecule has 0 aromatic carbocycles. The Labute approximate surface area is 121 Å². The zero-order valence-corrected chi connectivity index (χ0v) is 12.9. The summed E-state index contributed by atoms with van der Waals surface area (Å²) in [6, 6.07) is 0. The average molecular weight is 274 g/mol. The van der Waals surface area contributed by atoms with Crippen molar-refractivity contribution >= 4 is 13.2 Å². The van der Waals surface area contributed by atoms with Crippen LogP contribution < -0.4 is 5.73 Å². The highest BCUT2D eigenvalue weighted by Crippen LogP contribution is 2.37. The first-order valence-electron chi connectivity index (χ1n) is 6.94. The van der Waals surface area contributed by atoms with Crippen molar-refractivity contribution in [3.8, 4) is 0 Å². The molecule has 0 atom stereocenters. The fourth-order valence-electron chi connectivity index (χ4n) is 2.18. The minimum Gasteiger partial charge on any atom is -0.400 e. The molecule has 20 heavy (non-hydrogen) atoms. The molecule has 1 saturated heterocycles. The Bertz CT molecular complexity index is 511. The van der Waals surface area contributed by atoms with E-state index in [0.717, 1.165) is 16.7 Å². The second kappa shape index (κ2) is 5.32. The molecule has 0 amide bonds. The first kappa shape index (κ1) is 15.2. The molecule has 0 spiro atoms. The second-order valence-electron chi connectivity index (χ2n) is 6.21. The van der Waals surface area contributed by atoms with Gasteiger partial charge in [0.2, 0.25) is 0 Å². The maximum atomic E-state index is 5.93. The quantitative estimate of drug-likeness (QED) is 0.860. The molecule has 1 fully saturated rings. The molecule has 2 rings (SSSR count). The molecular formula is C15H23BN2O2. The van der Waals surface area contributed by atoms with Crippen LogP contribution in [0.1, 0.15) is 44.4 Å². The third-order valence-corrected chi connectivity index (χ3v) is 4.21. The van der Waals surface area contributed by atoms with E-state index < -0.39 is 0 Å². The van der Waals surface area contributed by atoms with Crippen molar-refractivity contribution < 1.29 is 9.31 Å². The average Bonchev–Trinajstić information content (AvgIpc) is 2.55. The van der Waals surface area contributed by atoms with Gasteiger partial charge in [0.15, 0.2) is 0 Å². The van der Waals surface area contributed by atoms with Crippen molar-refractivity contribution in [3.05, 3.63) is 35.1 Å². The van der Waals surface area contributed by atoms with Crippen LogP contribution in [0, 0.1) is 6.92 Å². The zero-order chi connectivity index (χ0) is 15.0. The normalized spacial score (nSPS) is 20.8. The third kappa shape index (κ3) is 2.80. The van der Waals surface area contributed by atoms with Crippen molar-refractivity contribution in [3.63, 3.8) is 0 Å². The summed E-state index contributed by atoms with van der Waals surface area (Å²) < 4.78 is 11.9. The van der Waals surface area contributed by atoms with Crippen LogP contribution in [0.2, 0.25) is 0 Å². The van der Waals surface area contributed by atoms with Gasteiger partial charge in [-0.25, -0.2) is 0 Å². The second-order valence-corrected chi connectivity index (χ2v) is 6.21. The molecule has 0 aliphatic carbocycles. The Morgan fingerprint density at radius 1 is 1.20 bits per heavy atom. The first-order valence-corrected chi connectivity index (χ1v) is 6.94. The molecule has 2 heterocycles. The fraction of sp³-hybridized carbons (Fsp3) is 0.533. The lowest BCUT2D eigenvalue weighted by atomic mass is 9.88. The lowest BCUT2D eigenvalue weighted by molar-refractivity contribution is 0.00578. The molecule has 0 radical (unpaired) electrons. The zero-order valence-electron chi connectivity index (χ0n) is 12.9. The number of pyridine rings is 1. The van der Waals surface area contributed by atoms with E-state index in [9.17, 15) is 0 Å². The number of hydrogen-bond donors (Lipinski definition) is 1. The van der Waals surface area contributed by atoms with E-state index in [1.807, 2.05) is 59.1 Å². The lowest BCUT2D eigenvalue weighted by Crippen LogP contribution is -2.41. The maximum Gasteiger partial charge on any atom is 0.487 e. The van der Waals surface area contributed by atoms with E-state index >= 15 is 0 Å². The van der Waals surface area contributed by atoms with Crippen molar-refractivity contribution in [1.82, 2.24) is 4.98 Å². The van der Waals surface area contributed by atoms with Gasteiger partial charge in [-0.1, -0.05) is 12.1 Å². The Balaban J connectivity index is 2.18. The van der Waals surface area contributed by atoms with Gasteiger partial charge in [0.25, 0.3) is 0 Å². The van der Waals surface area contributed by atoms with Crippen molar-refractivity contribution in [2.45, 2.75) is 52.4 Å². The Morgan fingerprint density at radius 2 is 1.80 bits per heavy atom. The largest absolute Gasteiger partial charge is 0.487 e. The van der Waals surface area contributed by atoms with E-state index in [4.69, 9.17) is 15.0 Å². The van der Waals surface area contributed by atoms with E-state index in [2.05, 4.69) is 4.98 Å². The van der Waals surface area contributed by atoms with Gasteiger partial charge >= 0.3 is 7.12 Å². The van der Waals surface area contributed by atoms with Crippen molar-refractivity contribution in [1.29, 1.82) is 0 Å². The van der Waals surface area contributed by atoms with Crippen LogP contribution in [-0.2, 0) is 15.9 Å². The molecule has 108 valence electrons. The highest BCUT2D eigenvalue weighted by Gasteiger charge is 2.49. The van der Waals surface area contributed by atoms with E-state index in [-0.39, 0.29) is 18.3 Å². The Morgan fingerprint density at radius 3 is 2.35 bits per heavy atom. The van der Waals surface area contributed by atoms with E-state index in [1.54, 1.807) is 0 Å². The number of nitrogens with zero attached hydrogens (tertiary/aromatic N) is 1. The van der Waals surface area contributed by atoms with E-state index in [1.165, 1.54) is 0 Å². The molecule has 1 aromatic heterocycles. The summed E-state index contributed by atoms with van der Waals surface area (Å²) in [7, 11) is -0.342. The molecule has 5 heteroatoms. The summed E-state index contributed by atoms with van der Waals surface area (Å²) in [6.07, 6.45) is 5.62. The first-order chi connectivity index (χ1) is 9.27. The Hall–Kier alpha value is -1.17. The van der Waals surface area contributed by atoms with Crippen molar-refractivity contribution in [2.75, 3.05) is 0 Å². The predicted molar refractivity (Wildman–Crippen MR) is 82.0 cm³/mol. The lowest BCUT2D eigenvalue weighted by Gasteiger charge is -2.32. The molecule has 0 bridgehead atoms. The van der Waals surface area contributed by atoms with Gasteiger partial charge in [0, 0.05) is 18.9 Å². The number of nitrogens with two attached hydrogens (primary N) is 1. The van der Waals surface area contributed by atoms with Gasteiger partial charge in [-0.15, -0.1) is 0 Å². The topological polar surface area (TPSA) is 57.4 Å². The van der Waals surface area contributed by atoms with Gasteiger partial charge in [-0.3, -0.25) is 4.98 Å². The van der Waals surface area contributed by atoms with Crippen LogP contribution >= 0.6 is 0 Å². The van der Waals surface area contributed by atoms with Crippen molar-refractivity contribution in [2.24, 2.45) is 5.73 Å². The molecule has 0 unspecified atom stereocenters. The van der Waals surface area contributed by atoms with Crippen LogP contribution in [0.15, 0.2) is 18.4 Å². The highest BCUT2D eigenvalue weighted by molar-refractivity contribution is 6.52.